The van der Waals surface area contributed by atoms with E-state index in [1.54, 1.807) is 0 Å². The maximum Gasteiger partial charge on any atom is 0.336 e. The molecule has 9 nitrogen and oxygen atoms in total. The molecule has 0 radical (unpaired) electrons. The first kappa shape index (κ1) is 25.8. The summed E-state index contributed by atoms with van der Waals surface area (Å²) in [4.78, 5) is 46.8. The molecule has 0 aliphatic carbocycles. The van der Waals surface area contributed by atoms with Crippen LogP contribution >= 0.6 is 0 Å². The molecule has 29 heavy (non-hydrogen) atoms. The van der Waals surface area contributed by atoms with Crippen molar-refractivity contribution >= 4 is 23.9 Å². The van der Waals surface area contributed by atoms with Crippen LogP contribution in [0.2, 0.25) is 0 Å². The summed E-state index contributed by atoms with van der Waals surface area (Å²) in [6, 6.07) is 0. The van der Waals surface area contributed by atoms with Crippen LogP contribution in [0.3, 0.4) is 0 Å². The van der Waals surface area contributed by atoms with Crippen LogP contribution < -0.4 is 0 Å². The molecule has 0 unspecified atom stereocenters. The summed E-state index contributed by atoms with van der Waals surface area (Å²) in [5.74, 6) is -3.25. The number of ether oxygens (including phenoxy) is 5. The highest BCUT2D eigenvalue weighted by molar-refractivity contribution is 5.89. The lowest BCUT2D eigenvalue weighted by molar-refractivity contribution is -0.206. The first-order valence-corrected chi connectivity index (χ1v) is 8.38. The van der Waals surface area contributed by atoms with Gasteiger partial charge < -0.3 is 23.7 Å². The Bertz CT molecular complexity index is 601. The van der Waals surface area contributed by atoms with Crippen molar-refractivity contribution < 1.29 is 42.9 Å². The number of rotatable bonds is 12. The van der Waals surface area contributed by atoms with E-state index in [1.165, 1.54) is 27.7 Å². The van der Waals surface area contributed by atoms with E-state index in [2.05, 4.69) is 26.3 Å². The standard InChI is InChI=1S/C20H26O9/c1-11(2)17(21)26-15(27-18(22)12(3)4)9-25-10-16(28-19(23)13(5)6)29-20(24)14(7)8/h15-16H,1,3,5,7,9-10H2,2,4,6,8H3. The summed E-state index contributed by atoms with van der Waals surface area (Å²) in [5.41, 5.74) is 0.296. The number of hydrogen-bond acceptors (Lipinski definition) is 9. The average molecular weight is 410 g/mol. The van der Waals surface area contributed by atoms with Crippen molar-refractivity contribution in [3.05, 3.63) is 48.6 Å². The molecule has 0 aromatic carbocycles. The molecule has 0 saturated carbocycles. The third-order valence-electron chi connectivity index (χ3n) is 2.86. The van der Waals surface area contributed by atoms with Gasteiger partial charge in [-0.25, -0.2) is 19.2 Å². The van der Waals surface area contributed by atoms with Crippen molar-refractivity contribution in [1.29, 1.82) is 0 Å². The maximum atomic E-state index is 11.7. The second-order valence-electron chi connectivity index (χ2n) is 6.14. The second-order valence-corrected chi connectivity index (χ2v) is 6.14. The van der Waals surface area contributed by atoms with E-state index in [1.807, 2.05) is 0 Å². The van der Waals surface area contributed by atoms with Gasteiger partial charge >= 0.3 is 23.9 Å². The van der Waals surface area contributed by atoms with Crippen LogP contribution in [0.4, 0.5) is 0 Å². The molecular formula is C20H26O9. The zero-order valence-corrected chi connectivity index (χ0v) is 17.1. The summed E-state index contributed by atoms with van der Waals surface area (Å²) in [5, 5.41) is 0. The SMILES string of the molecule is C=C(C)C(=O)OC(COCC(OC(=O)C(=C)C)OC(=O)C(=C)C)OC(=O)C(=C)C. The molecule has 0 rings (SSSR count). The van der Waals surface area contributed by atoms with E-state index < -0.39 is 49.7 Å². The monoisotopic (exact) mass is 410 g/mol. The summed E-state index contributed by atoms with van der Waals surface area (Å²) >= 11 is 0. The average Bonchev–Trinajstić information content (AvgIpc) is 2.60. The normalized spacial score (nSPS) is 10.1. The van der Waals surface area contributed by atoms with Gasteiger partial charge in [-0.1, -0.05) is 26.3 Å². The molecule has 0 atom stereocenters. The van der Waals surface area contributed by atoms with E-state index in [0.29, 0.717) is 0 Å². The molecule has 0 aliphatic rings. The zero-order chi connectivity index (χ0) is 22.7. The van der Waals surface area contributed by atoms with Crippen molar-refractivity contribution in [2.45, 2.75) is 40.3 Å². The van der Waals surface area contributed by atoms with Crippen LogP contribution in [0.5, 0.6) is 0 Å². The molecule has 0 N–H and O–H groups in total. The Kier molecular flexibility index (Phi) is 10.9. The zero-order valence-electron chi connectivity index (χ0n) is 17.1. The van der Waals surface area contributed by atoms with Crippen molar-refractivity contribution in [1.82, 2.24) is 0 Å². The highest BCUT2D eigenvalue weighted by Crippen LogP contribution is 2.08. The van der Waals surface area contributed by atoms with Crippen LogP contribution in [0.1, 0.15) is 27.7 Å². The molecule has 0 aromatic heterocycles. The van der Waals surface area contributed by atoms with E-state index in [-0.39, 0.29) is 22.3 Å². The molecule has 0 heterocycles. The third kappa shape index (κ3) is 10.6. The van der Waals surface area contributed by atoms with Crippen LogP contribution in [0.25, 0.3) is 0 Å². The lowest BCUT2D eigenvalue weighted by Gasteiger charge is -2.21. The highest BCUT2D eigenvalue weighted by Gasteiger charge is 2.24. The maximum absolute atomic E-state index is 11.7. The smallest absolute Gasteiger partial charge is 0.336 e. The Morgan fingerprint density at radius 1 is 0.552 bits per heavy atom. The molecule has 0 saturated heterocycles. The van der Waals surface area contributed by atoms with Gasteiger partial charge in [-0.3, -0.25) is 0 Å². The molecule has 0 fully saturated rings. The minimum atomic E-state index is -1.43. The molecule has 0 aliphatic heterocycles. The van der Waals surface area contributed by atoms with Crippen LogP contribution in [0, 0.1) is 0 Å². The molecule has 0 amide bonds. The number of carbonyl (C=O) groups excluding carboxylic acids is 4. The number of carbonyl (C=O) groups is 4. The first-order chi connectivity index (χ1) is 13.3. The Morgan fingerprint density at radius 3 is 0.931 bits per heavy atom. The van der Waals surface area contributed by atoms with Crippen LogP contribution in [-0.2, 0) is 42.9 Å². The molecule has 0 spiro atoms. The minimum absolute atomic E-state index is 0.0741. The molecule has 0 aromatic rings. The molecule has 0 bridgehead atoms. The van der Waals surface area contributed by atoms with Gasteiger partial charge in [0.1, 0.15) is 13.2 Å². The predicted molar refractivity (Wildman–Crippen MR) is 102 cm³/mol. The largest absolute Gasteiger partial charge is 0.419 e. The summed E-state index contributed by atoms with van der Waals surface area (Å²) < 4.78 is 25.1. The highest BCUT2D eigenvalue weighted by atomic mass is 16.7. The lowest BCUT2D eigenvalue weighted by atomic mass is 10.3. The van der Waals surface area contributed by atoms with Gasteiger partial charge in [-0.05, 0) is 27.7 Å². The Morgan fingerprint density at radius 2 is 0.759 bits per heavy atom. The minimum Gasteiger partial charge on any atom is -0.419 e. The Hall–Kier alpha value is -3.20. The fourth-order valence-electron chi connectivity index (χ4n) is 1.32. The van der Waals surface area contributed by atoms with Crippen molar-refractivity contribution in [2.24, 2.45) is 0 Å². The number of esters is 4. The summed E-state index contributed by atoms with van der Waals surface area (Å²) in [6.07, 6.45) is -2.87. The summed E-state index contributed by atoms with van der Waals surface area (Å²) in [7, 11) is 0. The topological polar surface area (TPSA) is 114 Å². The molecule has 9 heteroatoms. The van der Waals surface area contributed by atoms with Crippen molar-refractivity contribution in [3.63, 3.8) is 0 Å². The van der Waals surface area contributed by atoms with Crippen LogP contribution in [0.15, 0.2) is 48.6 Å². The predicted octanol–water partition coefficient (Wildman–Crippen LogP) is 2.13. The van der Waals surface area contributed by atoms with E-state index in [4.69, 9.17) is 23.7 Å². The van der Waals surface area contributed by atoms with Gasteiger partial charge in [0, 0.05) is 22.3 Å². The first-order valence-electron chi connectivity index (χ1n) is 8.38. The van der Waals surface area contributed by atoms with Gasteiger partial charge in [0.2, 0.25) is 0 Å². The van der Waals surface area contributed by atoms with Gasteiger partial charge in [-0.2, -0.15) is 0 Å². The van der Waals surface area contributed by atoms with Crippen LogP contribution in [-0.4, -0.2) is 49.7 Å². The van der Waals surface area contributed by atoms with Gasteiger partial charge in [-0.15, -0.1) is 0 Å². The number of hydrogen-bond donors (Lipinski definition) is 0. The molecular weight excluding hydrogens is 384 g/mol. The van der Waals surface area contributed by atoms with Gasteiger partial charge in [0.05, 0.1) is 0 Å². The second kappa shape index (κ2) is 12.3. The summed E-state index contributed by atoms with van der Waals surface area (Å²) in [6.45, 7) is 18.4. The fourth-order valence-corrected chi connectivity index (χ4v) is 1.32. The van der Waals surface area contributed by atoms with Gasteiger partial charge in [0.15, 0.2) is 0 Å². The molecule has 160 valence electrons. The third-order valence-corrected chi connectivity index (χ3v) is 2.86. The van der Waals surface area contributed by atoms with Gasteiger partial charge in [0.25, 0.3) is 12.6 Å². The van der Waals surface area contributed by atoms with E-state index in [0.717, 1.165) is 0 Å². The fraction of sp³-hybridized carbons (Fsp3) is 0.400. The van der Waals surface area contributed by atoms with Crippen molar-refractivity contribution in [2.75, 3.05) is 13.2 Å². The van der Waals surface area contributed by atoms with E-state index >= 15 is 0 Å². The quantitative estimate of drug-likeness (QED) is 0.271. The Labute approximate surface area is 169 Å². The van der Waals surface area contributed by atoms with Crippen molar-refractivity contribution in [3.8, 4) is 0 Å². The Balaban J connectivity index is 5.07. The van der Waals surface area contributed by atoms with E-state index in [9.17, 15) is 19.2 Å². The lowest BCUT2D eigenvalue weighted by Crippen LogP contribution is -2.34.